The van der Waals surface area contributed by atoms with Crippen LogP contribution in [0.4, 0.5) is 13.2 Å². The van der Waals surface area contributed by atoms with Crippen molar-refractivity contribution in [2.45, 2.75) is 18.4 Å². The molecule has 1 aliphatic rings. The normalized spacial score (nSPS) is 19.1. The number of hydrogen-bond acceptors (Lipinski definition) is 6. The Labute approximate surface area is 180 Å². The molecule has 8 nitrogen and oxygen atoms in total. The largest absolute Gasteiger partial charge is 0.416 e. The molecule has 0 spiro atoms. The van der Waals surface area contributed by atoms with E-state index in [0.717, 1.165) is 17.3 Å². The second-order valence-electron chi connectivity index (χ2n) is 6.58. The summed E-state index contributed by atoms with van der Waals surface area (Å²) in [6.45, 7) is 2.55. The van der Waals surface area contributed by atoms with Gasteiger partial charge >= 0.3 is 6.18 Å². The van der Waals surface area contributed by atoms with Crippen LogP contribution in [0.25, 0.3) is 11.4 Å². The maximum Gasteiger partial charge on any atom is 0.416 e. The molecule has 3 rings (SSSR count). The Morgan fingerprint density at radius 1 is 1.26 bits per heavy atom. The molecule has 3 heterocycles. The van der Waals surface area contributed by atoms with Crippen LogP contribution in [0, 0.1) is 0 Å². The topological polar surface area (TPSA) is 97.3 Å². The molecule has 2 atom stereocenters. The molecule has 2 amide bonds. The molecule has 2 aromatic heterocycles. The molecule has 1 fully saturated rings. The van der Waals surface area contributed by atoms with E-state index in [4.69, 9.17) is 16.3 Å². The first-order valence-electron chi connectivity index (χ1n) is 8.98. The van der Waals surface area contributed by atoms with Gasteiger partial charge in [0.25, 0.3) is 5.91 Å². The van der Waals surface area contributed by atoms with Gasteiger partial charge in [-0.2, -0.15) is 13.2 Å². The molecule has 1 aliphatic heterocycles. The van der Waals surface area contributed by atoms with Gasteiger partial charge in [-0.3, -0.25) is 9.59 Å². The van der Waals surface area contributed by atoms with Gasteiger partial charge in [-0.1, -0.05) is 18.2 Å². The molecule has 0 radical (unpaired) electrons. The summed E-state index contributed by atoms with van der Waals surface area (Å²) in [4.78, 5) is 36.9. The summed E-state index contributed by atoms with van der Waals surface area (Å²) in [5, 5.41) is 2.41. The van der Waals surface area contributed by atoms with Gasteiger partial charge in [-0.05, 0) is 29.8 Å². The summed E-state index contributed by atoms with van der Waals surface area (Å²) in [5.41, 5.74) is 0.782. The highest BCUT2D eigenvalue weighted by Gasteiger charge is 2.46. The molecular weight excluding hydrogens is 439 g/mol. The molecule has 0 bridgehead atoms. The number of morpholine rings is 1. The van der Waals surface area contributed by atoms with E-state index in [1.54, 1.807) is 0 Å². The Bertz CT molecular complexity index is 1020. The molecule has 2 aromatic rings. The standard InChI is InChI=1S/C19H17ClF3N5O3/c1-3-17(29)28-7-14(31-15(8-28)19(21,22)23)10-4-12(27-16(20)5-10)11-6-13(18(30)24-2)26-9-25-11/h3-6,9,14-15H,1,7-8H2,2H3,(H,24,30)/t14-,15-/m0/s1. The van der Waals surface area contributed by atoms with Gasteiger partial charge in [-0.15, -0.1) is 0 Å². The number of carbonyl (C=O) groups excluding carboxylic acids is 2. The Morgan fingerprint density at radius 3 is 2.65 bits per heavy atom. The predicted molar refractivity (Wildman–Crippen MR) is 104 cm³/mol. The Kier molecular flexibility index (Phi) is 6.56. The fourth-order valence-corrected chi connectivity index (χ4v) is 3.23. The average Bonchev–Trinajstić information content (AvgIpc) is 2.76. The molecule has 0 saturated carbocycles. The van der Waals surface area contributed by atoms with E-state index in [-0.39, 0.29) is 34.3 Å². The van der Waals surface area contributed by atoms with Crippen LogP contribution in [-0.4, -0.2) is 64.1 Å². The molecule has 1 saturated heterocycles. The van der Waals surface area contributed by atoms with Crippen molar-refractivity contribution in [3.63, 3.8) is 0 Å². The van der Waals surface area contributed by atoms with Crippen LogP contribution in [0.3, 0.4) is 0 Å². The van der Waals surface area contributed by atoms with E-state index >= 15 is 0 Å². The van der Waals surface area contributed by atoms with E-state index in [9.17, 15) is 22.8 Å². The van der Waals surface area contributed by atoms with Gasteiger partial charge in [0.05, 0.1) is 24.5 Å². The van der Waals surface area contributed by atoms with E-state index < -0.39 is 36.7 Å². The van der Waals surface area contributed by atoms with Crippen LogP contribution >= 0.6 is 11.6 Å². The summed E-state index contributed by atoms with van der Waals surface area (Å²) in [6.07, 6.45) is -5.87. The number of aromatic nitrogens is 3. The van der Waals surface area contributed by atoms with Crippen molar-refractivity contribution < 1.29 is 27.5 Å². The molecule has 164 valence electrons. The third kappa shape index (κ3) is 5.17. The first-order valence-corrected chi connectivity index (χ1v) is 9.35. The lowest BCUT2D eigenvalue weighted by Gasteiger charge is -2.38. The maximum atomic E-state index is 13.4. The predicted octanol–water partition coefficient (Wildman–Crippen LogP) is 2.57. The van der Waals surface area contributed by atoms with Crippen molar-refractivity contribution in [2.75, 3.05) is 20.1 Å². The van der Waals surface area contributed by atoms with E-state index in [0.29, 0.717) is 0 Å². The molecule has 0 unspecified atom stereocenters. The van der Waals surface area contributed by atoms with E-state index in [2.05, 4.69) is 26.8 Å². The lowest BCUT2D eigenvalue weighted by molar-refractivity contribution is -0.253. The summed E-state index contributed by atoms with van der Waals surface area (Å²) in [7, 11) is 1.44. The second-order valence-corrected chi connectivity index (χ2v) is 6.97. The van der Waals surface area contributed by atoms with Crippen LogP contribution in [-0.2, 0) is 9.53 Å². The number of pyridine rings is 1. The quantitative estimate of drug-likeness (QED) is 0.562. The molecule has 12 heteroatoms. The minimum Gasteiger partial charge on any atom is -0.357 e. The fraction of sp³-hybridized carbons (Fsp3) is 0.316. The van der Waals surface area contributed by atoms with Gasteiger partial charge in [0.2, 0.25) is 5.91 Å². The monoisotopic (exact) mass is 455 g/mol. The molecule has 0 aliphatic carbocycles. The highest BCUT2D eigenvalue weighted by Crippen LogP contribution is 2.35. The molecular formula is C19H17ClF3N5O3. The first kappa shape index (κ1) is 22.6. The fourth-order valence-electron chi connectivity index (χ4n) is 3.02. The number of halogens is 4. The van der Waals surface area contributed by atoms with Crippen molar-refractivity contribution in [3.05, 3.63) is 53.6 Å². The van der Waals surface area contributed by atoms with Crippen LogP contribution in [0.5, 0.6) is 0 Å². The summed E-state index contributed by atoms with van der Waals surface area (Å²) < 4.78 is 45.3. The Balaban J connectivity index is 1.99. The number of ether oxygens (including phenoxy) is 1. The van der Waals surface area contributed by atoms with Crippen molar-refractivity contribution in [1.29, 1.82) is 0 Å². The SMILES string of the molecule is C=CC(=O)N1C[C@@H](c2cc(Cl)nc(-c3cc(C(=O)NC)ncn3)c2)O[C@H](C(F)(F)F)C1. The molecule has 0 aromatic carbocycles. The van der Waals surface area contributed by atoms with Crippen LogP contribution in [0.1, 0.15) is 22.2 Å². The summed E-state index contributed by atoms with van der Waals surface area (Å²) in [5.74, 6) is -1.10. The third-order valence-electron chi connectivity index (χ3n) is 4.53. The van der Waals surface area contributed by atoms with E-state index in [1.807, 2.05) is 0 Å². The minimum absolute atomic E-state index is 0.0214. The van der Waals surface area contributed by atoms with Crippen LogP contribution in [0.15, 0.2) is 37.2 Å². The molecule has 31 heavy (non-hydrogen) atoms. The third-order valence-corrected chi connectivity index (χ3v) is 4.72. The first-order chi connectivity index (χ1) is 14.6. The maximum absolute atomic E-state index is 13.4. The minimum atomic E-state index is -4.67. The highest BCUT2D eigenvalue weighted by atomic mass is 35.5. The Morgan fingerprint density at radius 2 is 2.00 bits per heavy atom. The number of nitrogens with one attached hydrogen (secondary N) is 1. The molecule has 1 N–H and O–H groups in total. The number of nitrogens with zero attached hydrogens (tertiary/aromatic N) is 4. The van der Waals surface area contributed by atoms with Gasteiger partial charge in [0, 0.05) is 7.05 Å². The van der Waals surface area contributed by atoms with Crippen molar-refractivity contribution >= 4 is 23.4 Å². The van der Waals surface area contributed by atoms with Gasteiger partial charge in [0.1, 0.15) is 23.3 Å². The van der Waals surface area contributed by atoms with Gasteiger partial charge < -0.3 is 15.0 Å². The number of amides is 2. The number of hydrogen-bond donors (Lipinski definition) is 1. The van der Waals surface area contributed by atoms with Crippen LogP contribution < -0.4 is 5.32 Å². The Hall–Kier alpha value is -3.05. The summed E-state index contributed by atoms with van der Waals surface area (Å²) in [6, 6.07) is 4.17. The van der Waals surface area contributed by atoms with Gasteiger partial charge in [0.15, 0.2) is 6.10 Å². The number of alkyl halides is 3. The zero-order valence-electron chi connectivity index (χ0n) is 16.2. The van der Waals surface area contributed by atoms with Crippen LogP contribution in [0.2, 0.25) is 5.15 Å². The lowest BCUT2D eigenvalue weighted by atomic mass is 10.0. The lowest BCUT2D eigenvalue weighted by Crippen LogP contribution is -2.51. The smallest absolute Gasteiger partial charge is 0.357 e. The number of rotatable bonds is 4. The van der Waals surface area contributed by atoms with Crippen molar-refractivity contribution in [1.82, 2.24) is 25.2 Å². The number of carbonyl (C=O) groups is 2. The van der Waals surface area contributed by atoms with Crippen molar-refractivity contribution in [2.24, 2.45) is 0 Å². The second kappa shape index (κ2) is 8.98. The zero-order valence-corrected chi connectivity index (χ0v) is 16.9. The average molecular weight is 456 g/mol. The highest BCUT2D eigenvalue weighted by molar-refractivity contribution is 6.29. The van der Waals surface area contributed by atoms with E-state index in [1.165, 1.54) is 25.2 Å². The summed E-state index contributed by atoms with van der Waals surface area (Å²) >= 11 is 6.09. The van der Waals surface area contributed by atoms with Gasteiger partial charge in [-0.25, -0.2) is 15.0 Å². The van der Waals surface area contributed by atoms with Crippen molar-refractivity contribution in [3.8, 4) is 11.4 Å². The zero-order chi connectivity index (χ0) is 22.8.